The predicted octanol–water partition coefficient (Wildman–Crippen LogP) is 5.43. The van der Waals surface area contributed by atoms with Crippen molar-refractivity contribution in [2.24, 2.45) is 0 Å². The zero-order chi connectivity index (χ0) is 13.1. The van der Waals surface area contributed by atoms with Gasteiger partial charge in [0.05, 0.1) is 16.7 Å². The van der Waals surface area contributed by atoms with Gasteiger partial charge in [0.15, 0.2) is 0 Å². The van der Waals surface area contributed by atoms with Crippen molar-refractivity contribution in [1.82, 2.24) is 0 Å². The molecule has 1 aromatic heterocycles. The van der Waals surface area contributed by atoms with E-state index in [1.54, 1.807) is 29.5 Å². The Balaban J connectivity index is 2.50. The van der Waals surface area contributed by atoms with Crippen molar-refractivity contribution in [1.29, 1.82) is 5.26 Å². The van der Waals surface area contributed by atoms with E-state index in [4.69, 9.17) is 23.2 Å². The maximum Gasteiger partial charge on any atom is 0.0999 e. The minimum Gasteiger partial charge on any atom is -0.192 e. The summed E-state index contributed by atoms with van der Waals surface area (Å²) in [6.45, 7) is 2.01. The maximum atomic E-state index is 9.26. The van der Waals surface area contributed by atoms with Crippen LogP contribution in [0.2, 0.25) is 10.0 Å². The summed E-state index contributed by atoms with van der Waals surface area (Å²) in [4.78, 5) is 1.07. The number of halogens is 2. The number of hydrogen-bond donors (Lipinski definition) is 0. The molecule has 4 heteroatoms. The van der Waals surface area contributed by atoms with Gasteiger partial charge in [-0.25, -0.2) is 0 Å². The van der Waals surface area contributed by atoms with Crippen LogP contribution in [0.1, 0.15) is 16.0 Å². The largest absolute Gasteiger partial charge is 0.192 e. The number of rotatable bonds is 2. The number of hydrogen-bond acceptors (Lipinski definition) is 2. The highest BCUT2D eigenvalue weighted by molar-refractivity contribution is 7.11. The van der Waals surface area contributed by atoms with Crippen LogP contribution >= 0.6 is 34.5 Å². The lowest BCUT2D eigenvalue weighted by atomic mass is 10.1. The fourth-order valence-electron chi connectivity index (χ4n) is 1.54. The second kappa shape index (κ2) is 5.58. The first kappa shape index (κ1) is 13.2. The molecule has 1 heterocycles. The molecule has 0 spiro atoms. The number of allylic oxidation sites excluding steroid dienone is 1. The quantitative estimate of drug-likeness (QED) is 0.678. The molecule has 0 aliphatic carbocycles. The molecule has 0 bridgehead atoms. The molecule has 0 saturated heterocycles. The molecule has 0 radical (unpaired) electrons. The molecule has 90 valence electrons. The zero-order valence-electron chi connectivity index (χ0n) is 9.58. The molecule has 0 unspecified atom stereocenters. The van der Waals surface area contributed by atoms with Crippen LogP contribution in [0.5, 0.6) is 0 Å². The predicted molar refractivity (Wildman–Crippen MR) is 79.0 cm³/mol. The second-order valence-electron chi connectivity index (χ2n) is 3.76. The average Bonchev–Trinajstić information content (AvgIpc) is 2.73. The van der Waals surface area contributed by atoms with E-state index in [0.717, 1.165) is 10.4 Å². The molecule has 1 aromatic carbocycles. The molecule has 0 saturated carbocycles. The summed E-state index contributed by atoms with van der Waals surface area (Å²) in [6, 6.07) is 9.35. The monoisotopic (exact) mass is 293 g/mol. The standard InChI is InChI=1S/C14H9Cl2NS/c1-9-4-5-18-14(9)6-10(8-17)12-3-2-11(15)7-13(12)16/h2-7H,1H3. The molecule has 18 heavy (non-hydrogen) atoms. The Morgan fingerprint density at radius 3 is 2.67 bits per heavy atom. The first-order valence-corrected chi connectivity index (χ1v) is 6.86. The molecule has 0 aliphatic rings. The lowest BCUT2D eigenvalue weighted by molar-refractivity contribution is 1.51. The third-order valence-corrected chi connectivity index (χ3v) is 4.03. The van der Waals surface area contributed by atoms with E-state index in [9.17, 15) is 5.26 Å². The Labute approximate surface area is 120 Å². The molecule has 0 amide bonds. The smallest absolute Gasteiger partial charge is 0.0999 e. The van der Waals surface area contributed by atoms with E-state index >= 15 is 0 Å². The molecule has 2 aromatic rings. The van der Waals surface area contributed by atoms with E-state index in [1.165, 1.54) is 0 Å². The van der Waals surface area contributed by atoms with E-state index in [2.05, 4.69) is 6.07 Å². The minimum absolute atomic E-state index is 0.490. The zero-order valence-corrected chi connectivity index (χ0v) is 11.9. The summed E-state index contributed by atoms with van der Waals surface area (Å²) in [7, 11) is 0. The van der Waals surface area contributed by atoms with E-state index in [-0.39, 0.29) is 0 Å². The van der Waals surface area contributed by atoms with Crippen molar-refractivity contribution in [3.8, 4) is 6.07 Å². The number of nitriles is 1. The fraction of sp³-hybridized carbons (Fsp3) is 0.0714. The van der Waals surface area contributed by atoms with Crippen molar-refractivity contribution in [3.63, 3.8) is 0 Å². The van der Waals surface area contributed by atoms with Crippen LogP contribution in [0.3, 0.4) is 0 Å². The first-order chi connectivity index (χ1) is 8.61. The third-order valence-electron chi connectivity index (χ3n) is 2.52. The molecule has 2 rings (SSSR count). The highest BCUT2D eigenvalue weighted by Gasteiger charge is 2.08. The topological polar surface area (TPSA) is 23.8 Å². The van der Waals surface area contributed by atoms with Crippen molar-refractivity contribution < 1.29 is 0 Å². The van der Waals surface area contributed by atoms with Crippen molar-refractivity contribution in [2.45, 2.75) is 6.92 Å². The normalized spacial score (nSPS) is 11.3. The van der Waals surface area contributed by atoms with Gasteiger partial charge in [-0.2, -0.15) is 5.26 Å². The summed E-state index contributed by atoms with van der Waals surface area (Å²) in [6.07, 6.45) is 1.86. The molecule has 0 fully saturated rings. The molecular weight excluding hydrogens is 285 g/mol. The van der Waals surface area contributed by atoms with Gasteiger partial charge in [-0.1, -0.05) is 29.3 Å². The first-order valence-electron chi connectivity index (χ1n) is 5.23. The van der Waals surface area contributed by atoms with Crippen LogP contribution in [0.25, 0.3) is 11.6 Å². The lowest BCUT2D eigenvalue weighted by Crippen LogP contribution is -1.84. The minimum atomic E-state index is 0.490. The summed E-state index contributed by atoms with van der Waals surface area (Å²) in [5.74, 6) is 0. The summed E-state index contributed by atoms with van der Waals surface area (Å²) >= 11 is 13.6. The Morgan fingerprint density at radius 2 is 2.11 bits per heavy atom. The molecule has 0 aliphatic heterocycles. The van der Waals surface area contributed by atoms with E-state index in [1.807, 2.05) is 24.4 Å². The van der Waals surface area contributed by atoms with Crippen LogP contribution < -0.4 is 0 Å². The fourth-order valence-corrected chi connectivity index (χ4v) is 2.91. The molecule has 0 atom stereocenters. The van der Waals surface area contributed by atoms with Gasteiger partial charge >= 0.3 is 0 Å². The Bertz CT molecular complexity index is 650. The summed E-state index contributed by atoms with van der Waals surface area (Å²) in [5, 5.41) is 12.3. The van der Waals surface area contributed by atoms with Crippen molar-refractivity contribution in [2.75, 3.05) is 0 Å². The lowest BCUT2D eigenvalue weighted by Gasteiger charge is -2.03. The Kier molecular flexibility index (Phi) is 4.08. The van der Waals surface area contributed by atoms with Crippen LogP contribution in [0.15, 0.2) is 29.6 Å². The van der Waals surface area contributed by atoms with Crippen LogP contribution in [0, 0.1) is 18.3 Å². The maximum absolute atomic E-state index is 9.26. The summed E-state index contributed by atoms with van der Waals surface area (Å²) in [5.41, 5.74) is 2.40. The van der Waals surface area contributed by atoms with Crippen LogP contribution in [-0.4, -0.2) is 0 Å². The molecule has 1 nitrogen and oxygen atoms in total. The van der Waals surface area contributed by atoms with Crippen molar-refractivity contribution >= 4 is 46.2 Å². The number of thiophene rings is 1. The van der Waals surface area contributed by atoms with Gasteiger partial charge in [0.25, 0.3) is 0 Å². The number of nitrogens with zero attached hydrogens (tertiary/aromatic N) is 1. The highest BCUT2D eigenvalue weighted by atomic mass is 35.5. The summed E-state index contributed by atoms with van der Waals surface area (Å²) < 4.78 is 0. The molecule has 0 N–H and O–H groups in total. The van der Waals surface area contributed by atoms with E-state index < -0.39 is 0 Å². The van der Waals surface area contributed by atoms with Gasteiger partial charge in [0, 0.05) is 15.5 Å². The van der Waals surface area contributed by atoms with Gasteiger partial charge in [-0.05, 0) is 42.1 Å². The van der Waals surface area contributed by atoms with Gasteiger partial charge in [0.1, 0.15) is 0 Å². The van der Waals surface area contributed by atoms with Gasteiger partial charge < -0.3 is 0 Å². The van der Waals surface area contributed by atoms with Gasteiger partial charge in [-0.3, -0.25) is 0 Å². The number of aryl methyl sites for hydroxylation is 1. The van der Waals surface area contributed by atoms with E-state index in [0.29, 0.717) is 21.2 Å². The van der Waals surface area contributed by atoms with Crippen LogP contribution in [0.4, 0.5) is 0 Å². The number of benzene rings is 1. The average molecular weight is 294 g/mol. The van der Waals surface area contributed by atoms with Crippen LogP contribution in [-0.2, 0) is 0 Å². The third kappa shape index (κ3) is 2.76. The van der Waals surface area contributed by atoms with Gasteiger partial charge in [-0.15, -0.1) is 11.3 Å². The SMILES string of the molecule is Cc1ccsc1C=C(C#N)c1ccc(Cl)cc1Cl. The van der Waals surface area contributed by atoms with Gasteiger partial charge in [0.2, 0.25) is 0 Å². The molecular formula is C14H9Cl2NS. The second-order valence-corrected chi connectivity index (χ2v) is 5.55. The highest BCUT2D eigenvalue weighted by Crippen LogP contribution is 2.29. The Hall–Kier alpha value is -1.27. The van der Waals surface area contributed by atoms with Crippen molar-refractivity contribution in [3.05, 3.63) is 55.7 Å². The Morgan fingerprint density at radius 1 is 1.33 bits per heavy atom.